The molecule has 1 fully saturated rings. The fraction of sp³-hybridized carbons (Fsp3) is 0.455. The molecule has 0 aliphatic heterocycles. The van der Waals surface area contributed by atoms with E-state index in [4.69, 9.17) is 0 Å². The number of rotatable bonds is 3. The second-order valence-electron chi connectivity index (χ2n) is 4.47. The van der Waals surface area contributed by atoms with E-state index in [1.165, 1.54) is 0 Å². The van der Waals surface area contributed by atoms with Crippen LogP contribution < -0.4 is 4.72 Å². The molecule has 0 amide bonds. The summed E-state index contributed by atoms with van der Waals surface area (Å²) in [6.07, 6.45) is 0.921. The van der Waals surface area contributed by atoms with Crippen molar-refractivity contribution in [1.82, 2.24) is 4.72 Å². The van der Waals surface area contributed by atoms with Crippen LogP contribution >= 0.6 is 31.9 Å². The highest BCUT2D eigenvalue weighted by atomic mass is 79.9. The number of nitrogens with one attached hydrogen (secondary N) is 1. The molecule has 1 aromatic rings. The van der Waals surface area contributed by atoms with Crippen LogP contribution in [0.5, 0.6) is 0 Å². The predicted octanol–water partition coefficient (Wildman–Crippen LogP) is 3.21. The summed E-state index contributed by atoms with van der Waals surface area (Å²) in [6.45, 7) is 3.95. The van der Waals surface area contributed by atoms with Gasteiger partial charge in [0, 0.05) is 15.0 Å². The third kappa shape index (κ3) is 2.92. The second-order valence-corrected chi connectivity index (χ2v) is 7.86. The van der Waals surface area contributed by atoms with Crippen molar-refractivity contribution in [2.45, 2.75) is 31.2 Å². The summed E-state index contributed by atoms with van der Waals surface area (Å²) in [5.41, 5.74) is 0.996. The zero-order chi connectivity index (χ0) is 12.8. The van der Waals surface area contributed by atoms with Crippen LogP contribution in [0.25, 0.3) is 0 Å². The third-order valence-electron chi connectivity index (χ3n) is 2.92. The van der Waals surface area contributed by atoms with Crippen LogP contribution in [0.2, 0.25) is 0 Å². The summed E-state index contributed by atoms with van der Waals surface area (Å²) in [5, 5.41) is 0. The minimum absolute atomic E-state index is 0.0898. The van der Waals surface area contributed by atoms with E-state index < -0.39 is 10.0 Å². The molecule has 6 heteroatoms. The van der Waals surface area contributed by atoms with Crippen molar-refractivity contribution >= 4 is 41.9 Å². The van der Waals surface area contributed by atoms with Gasteiger partial charge in [-0.1, -0.05) is 22.9 Å². The van der Waals surface area contributed by atoms with E-state index in [-0.39, 0.29) is 10.9 Å². The third-order valence-corrected chi connectivity index (χ3v) is 6.22. The first kappa shape index (κ1) is 13.5. The number of aryl methyl sites for hydroxylation is 1. The first-order chi connectivity index (χ1) is 7.81. The standard InChI is InChI=1S/C11H13Br2NO2S/c1-6-3-9(13)11(5-8(6)12)17(15,16)14-10-4-7(10)2/h3,5,7,10,14H,4H2,1-2H3. The summed E-state index contributed by atoms with van der Waals surface area (Å²) in [7, 11) is -3.43. The number of halogens is 2. The zero-order valence-electron chi connectivity index (χ0n) is 9.50. The van der Waals surface area contributed by atoms with Crippen molar-refractivity contribution in [3.05, 3.63) is 26.6 Å². The highest BCUT2D eigenvalue weighted by Gasteiger charge is 2.37. The van der Waals surface area contributed by atoms with Gasteiger partial charge in [0.25, 0.3) is 0 Å². The quantitative estimate of drug-likeness (QED) is 0.872. The summed E-state index contributed by atoms with van der Waals surface area (Å²) >= 11 is 6.66. The number of benzene rings is 1. The van der Waals surface area contributed by atoms with Gasteiger partial charge in [-0.3, -0.25) is 0 Å². The van der Waals surface area contributed by atoms with Crippen LogP contribution in [0, 0.1) is 12.8 Å². The lowest BCUT2D eigenvalue weighted by atomic mass is 10.2. The number of sulfonamides is 1. The molecule has 0 aromatic heterocycles. The van der Waals surface area contributed by atoms with Crippen LogP contribution in [0.1, 0.15) is 18.9 Å². The van der Waals surface area contributed by atoms with Gasteiger partial charge in [0.15, 0.2) is 0 Å². The Hall–Kier alpha value is 0.0900. The molecule has 2 atom stereocenters. The van der Waals surface area contributed by atoms with Gasteiger partial charge in [0.1, 0.15) is 0 Å². The smallest absolute Gasteiger partial charge is 0.208 e. The molecular weight excluding hydrogens is 370 g/mol. The van der Waals surface area contributed by atoms with Gasteiger partial charge in [-0.15, -0.1) is 0 Å². The van der Waals surface area contributed by atoms with Crippen LogP contribution in [-0.4, -0.2) is 14.5 Å². The average molecular weight is 383 g/mol. The zero-order valence-corrected chi connectivity index (χ0v) is 13.5. The van der Waals surface area contributed by atoms with Gasteiger partial charge < -0.3 is 0 Å². The monoisotopic (exact) mass is 381 g/mol. The fourth-order valence-corrected chi connectivity index (χ4v) is 4.62. The van der Waals surface area contributed by atoms with E-state index in [1.807, 2.05) is 13.8 Å². The van der Waals surface area contributed by atoms with E-state index in [9.17, 15) is 8.42 Å². The Morgan fingerprint density at radius 3 is 2.41 bits per heavy atom. The Bertz CT molecular complexity index is 557. The van der Waals surface area contributed by atoms with E-state index >= 15 is 0 Å². The molecule has 0 bridgehead atoms. The Morgan fingerprint density at radius 1 is 1.29 bits per heavy atom. The Labute approximate surface area is 118 Å². The molecule has 1 aliphatic rings. The van der Waals surface area contributed by atoms with Gasteiger partial charge in [0.2, 0.25) is 10.0 Å². The maximum atomic E-state index is 12.2. The lowest BCUT2D eigenvalue weighted by Crippen LogP contribution is -2.27. The second kappa shape index (κ2) is 4.64. The van der Waals surface area contributed by atoms with Gasteiger partial charge in [0.05, 0.1) is 4.90 Å². The normalized spacial score (nSPS) is 23.8. The summed E-state index contributed by atoms with van der Waals surface area (Å²) in [5.74, 6) is 0.442. The highest BCUT2D eigenvalue weighted by Crippen LogP contribution is 2.33. The summed E-state index contributed by atoms with van der Waals surface area (Å²) in [4.78, 5) is 0.286. The molecule has 94 valence electrons. The number of hydrogen-bond donors (Lipinski definition) is 1. The Kier molecular flexibility index (Phi) is 3.69. The highest BCUT2D eigenvalue weighted by molar-refractivity contribution is 9.11. The van der Waals surface area contributed by atoms with Crippen LogP contribution in [0.15, 0.2) is 26.0 Å². The molecule has 1 saturated carbocycles. The van der Waals surface area contributed by atoms with Crippen molar-refractivity contribution in [3.63, 3.8) is 0 Å². The summed E-state index contributed by atoms with van der Waals surface area (Å²) in [6, 6.07) is 3.52. The van der Waals surface area contributed by atoms with Gasteiger partial charge in [-0.2, -0.15) is 0 Å². The molecule has 1 aliphatic carbocycles. The molecule has 0 spiro atoms. The van der Waals surface area contributed by atoms with E-state index in [2.05, 4.69) is 36.6 Å². The Morgan fingerprint density at radius 2 is 1.88 bits per heavy atom. The first-order valence-corrected chi connectivity index (χ1v) is 8.36. The fourth-order valence-electron chi connectivity index (χ4n) is 1.58. The first-order valence-electron chi connectivity index (χ1n) is 5.29. The average Bonchev–Trinajstić information content (AvgIpc) is 2.86. The molecule has 0 radical (unpaired) electrons. The lowest BCUT2D eigenvalue weighted by Gasteiger charge is -2.10. The molecule has 2 rings (SSSR count). The van der Waals surface area contributed by atoms with Crippen LogP contribution in [0.4, 0.5) is 0 Å². The summed E-state index contributed by atoms with van der Waals surface area (Å²) < 4.78 is 28.4. The van der Waals surface area contributed by atoms with Crippen molar-refractivity contribution in [3.8, 4) is 0 Å². The van der Waals surface area contributed by atoms with E-state index in [1.54, 1.807) is 12.1 Å². The minimum atomic E-state index is -3.43. The molecule has 0 saturated heterocycles. The van der Waals surface area contributed by atoms with Gasteiger partial charge >= 0.3 is 0 Å². The van der Waals surface area contributed by atoms with Crippen molar-refractivity contribution in [2.75, 3.05) is 0 Å². The molecule has 3 nitrogen and oxygen atoms in total. The molecule has 0 heterocycles. The van der Waals surface area contributed by atoms with Crippen molar-refractivity contribution < 1.29 is 8.42 Å². The molecule has 1 aromatic carbocycles. The van der Waals surface area contributed by atoms with Crippen molar-refractivity contribution in [1.29, 1.82) is 0 Å². The number of hydrogen-bond acceptors (Lipinski definition) is 2. The van der Waals surface area contributed by atoms with Crippen molar-refractivity contribution in [2.24, 2.45) is 5.92 Å². The topological polar surface area (TPSA) is 46.2 Å². The van der Waals surface area contributed by atoms with Gasteiger partial charge in [-0.25, -0.2) is 13.1 Å². The largest absolute Gasteiger partial charge is 0.241 e. The van der Waals surface area contributed by atoms with E-state index in [0.717, 1.165) is 16.5 Å². The molecule has 2 unspecified atom stereocenters. The van der Waals surface area contributed by atoms with Crippen LogP contribution in [-0.2, 0) is 10.0 Å². The predicted molar refractivity (Wildman–Crippen MR) is 74.5 cm³/mol. The molecular formula is C11H13Br2NO2S. The van der Waals surface area contributed by atoms with E-state index in [0.29, 0.717) is 10.4 Å². The maximum Gasteiger partial charge on any atom is 0.241 e. The maximum absolute atomic E-state index is 12.2. The SMILES string of the molecule is Cc1cc(Br)c(S(=O)(=O)NC2CC2C)cc1Br. The van der Waals surface area contributed by atoms with Crippen LogP contribution in [0.3, 0.4) is 0 Å². The Balaban J connectivity index is 2.35. The van der Waals surface area contributed by atoms with Gasteiger partial charge in [-0.05, 0) is 52.9 Å². The molecule has 17 heavy (non-hydrogen) atoms. The lowest BCUT2D eigenvalue weighted by molar-refractivity contribution is 0.577. The minimum Gasteiger partial charge on any atom is -0.208 e. The molecule has 1 N–H and O–H groups in total.